The summed E-state index contributed by atoms with van der Waals surface area (Å²) in [7, 11) is 0. The van der Waals surface area contributed by atoms with E-state index in [4.69, 9.17) is 4.74 Å². The number of anilines is 1. The Labute approximate surface area is 156 Å². The molecule has 1 aliphatic heterocycles. The van der Waals surface area contributed by atoms with Gasteiger partial charge in [-0.1, -0.05) is 46.3 Å². The summed E-state index contributed by atoms with van der Waals surface area (Å²) in [6, 6.07) is 9.85. The summed E-state index contributed by atoms with van der Waals surface area (Å²) in [5.74, 6) is -0.632. The molecule has 2 aromatic rings. The highest BCUT2D eigenvalue weighted by Gasteiger charge is 2.67. The van der Waals surface area contributed by atoms with Gasteiger partial charge in [0.25, 0.3) is 0 Å². The molecule has 0 spiro atoms. The molecule has 2 aliphatic carbocycles. The number of thiazole rings is 1. The number of rotatable bonds is 3. The summed E-state index contributed by atoms with van der Waals surface area (Å²) in [6.45, 7) is 0. The number of nitrogens with zero attached hydrogens (tertiary/aromatic N) is 1. The lowest BCUT2D eigenvalue weighted by molar-refractivity contribution is -0.145. The highest BCUT2D eigenvalue weighted by atomic mass is 79.9. The van der Waals surface area contributed by atoms with Gasteiger partial charge in [-0.15, -0.1) is 11.3 Å². The normalized spacial score (nSPS) is 35.0. The molecule has 0 unspecified atom stereocenters. The third-order valence-electron chi connectivity index (χ3n) is 5.63. The van der Waals surface area contributed by atoms with E-state index in [9.17, 15) is 9.59 Å². The maximum atomic E-state index is 12.9. The first-order valence-electron chi connectivity index (χ1n) is 8.30. The van der Waals surface area contributed by atoms with E-state index in [0.29, 0.717) is 5.13 Å². The molecule has 6 atom stereocenters. The van der Waals surface area contributed by atoms with E-state index in [-0.39, 0.29) is 46.5 Å². The zero-order chi connectivity index (χ0) is 17.1. The number of alkyl halides is 1. The Balaban J connectivity index is 1.36. The van der Waals surface area contributed by atoms with Gasteiger partial charge in [-0.2, -0.15) is 0 Å². The van der Waals surface area contributed by atoms with Crippen molar-refractivity contribution >= 4 is 44.3 Å². The molecule has 3 aliphatic rings. The van der Waals surface area contributed by atoms with E-state index in [2.05, 4.69) is 26.2 Å². The lowest BCUT2D eigenvalue weighted by Crippen LogP contribution is -2.40. The topological polar surface area (TPSA) is 68.3 Å². The van der Waals surface area contributed by atoms with E-state index in [1.807, 2.05) is 35.7 Å². The average Bonchev–Trinajstić information content (AvgIpc) is 3.34. The first-order chi connectivity index (χ1) is 12.1. The average molecular weight is 419 g/mol. The summed E-state index contributed by atoms with van der Waals surface area (Å²) in [6.07, 6.45) is 0.818. The summed E-state index contributed by atoms with van der Waals surface area (Å²) in [4.78, 5) is 29.6. The Bertz CT molecular complexity index is 855. The van der Waals surface area contributed by atoms with Crippen LogP contribution in [0.25, 0.3) is 11.3 Å². The van der Waals surface area contributed by atoms with Crippen molar-refractivity contribution in [2.75, 3.05) is 5.32 Å². The SMILES string of the molecule is O=C(Nc1nc(-c2ccccc2)cs1)[C@H]1[C@@H]2C[C@H]3[C@H](OC(=O)[C@@H]31)[C@@H]2Br. The number of fused-ring (bicyclic) bond motifs is 1. The van der Waals surface area contributed by atoms with Crippen molar-refractivity contribution in [3.8, 4) is 11.3 Å². The molecule has 1 aromatic heterocycles. The van der Waals surface area contributed by atoms with Gasteiger partial charge < -0.3 is 10.1 Å². The van der Waals surface area contributed by atoms with Crippen molar-refractivity contribution in [3.63, 3.8) is 0 Å². The highest BCUT2D eigenvalue weighted by molar-refractivity contribution is 9.09. The number of benzene rings is 1. The third kappa shape index (κ3) is 2.29. The van der Waals surface area contributed by atoms with Crippen LogP contribution >= 0.6 is 27.3 Å². The van der Waals surface area contributed by atoms with Crippen LogP contribution in [0.5, 0.6) is 0 Å². The Morgan fingerprint density at radius 1 is 1.28 bits per heavy atom. The predicted molar refractivity (Wildman–Crippen MR) is 97.4 cm³/mol. The number of carbonyl (C=O) groups excluding carboxylic acids is 2. The second kappa shape index (κ2) is 5.64. The molecule has 2 heterocycles. The third-order valence-corrected chi connectivity index (χ3v) is 7.59. The van der Waals surface area contributed by atoms with E-state index in [1.54, 1.807) is 0 Å². The van der Waals surface area contributed by atoms with Crippen LogP contribution in [0.3, 0.4) is 0 Å². The molecule has 1 N–H and O–H groups in total. The molecule has 1 aromatic carbocycles. The number of hydrogen-bond donors (Lipinski definition) is 1. The molecular formula is C18H15BrN2O3S. The molecule has 7 heteroatoms. The van der Waals surface area contributed by atoms with Gasteiger partial charge in [-0.25, -0.2) is 4.98 Å². The van der Waals surface area contributed by atoms with E-state index in [1.165, 1.54) is 11.3 Å². The van der Waals surface area contributed by atoms with E-state index < -0.39 is 0 Å². The van der Waals surface area contributed by atoms with Crippen LogP contribution in [0.15, 0.2) is 35.7 Å². The fourth-order valence-corrected chi connectivity index (χ4v) is 6.36. The summed E-state index contributed by atoms with van der Waals surface area (Å²) in [5.41, 5.74) is 1.86. The van der Waals surface area contributed by atoms with Gasteiger partial charge in [0, 0.05) is 16.9 Å². The van der Waals surface area contributed by atoms with E-state index in [0.717, 1.165) is 17.7 Å². The second-order valence-electron chi connectivity index (χ2n) is 6.85. The summed E-state index contributed by atoms with van der Waals surface area (Å²) < 4.78 is 5.47. The van der Waals surface area contributed by atoms with E-state index >= 15 is 0 Å². The smallest absolute Gasteiger partial charge is 0.310 e. The number of aromatic nitrogens is 1. The van der Waals surface area contributed by atoms with Crippen LogP contribution in [-0.4, -0.2) is 27.8 Å². The van der Waals surface area contributed by atoms with Gasteiger partial charge in [-0.3, -0.25) is 9.59 Å². The highest BCUT2D eigenvalue weighted by Crippen LogP contribution is 2.60. The monoisotopic (exact) mass is 418 g/mol. The molecule has 5 nitrogen and oxygen atoms in total. The van der Waals surface area contributed by atoms with Gasteiger partial charge in [0.15, 0.2) is 5.13 Å². The summed E-state index contributed by atoms with van der Waals surface area (Å²) >= 11 is 5.04. The molecule has 1 saturated heterocycles. The lowest BCUT2D eigenvalue weighted by atomic mass is 9.79. The Hall–Kier alpha value is -1.73. The largest absolute Gasteiger partial charge is 0.461 e. The van der Waals surface area contributed by atoms with Crippen molar-refractivity contribution < 1.29 is 14.3 Å². The van der Waals surface area contributed by atoms with Gasteiger partial charge >= 0.3 is 5.97 Å². The first-order valence-corrected chi connectivity index (χ1v) is 10.1. The van der Waals surface area contributed by atoms with Crippen molar-refractivity contribution in [1.29, 1.82) is 0 Å². The minimum absolute atomic E-state index is 0.0592. The summed E-state index contributed by atoms with van der Waals surface area (Å²) in [5, 5.41) is 5.42. The number of ether oxygens (including phenoxy) is 1. The molecule has 3 fully saturated rings. The molecule has 5 rings (SSSR count). The molecule has 0 radical (unpaired) electrons. The van der Waals surface area contributed by atoms with Crippen molar-refractivity contribution in [2.24, 2.45) is 23.7 Å². The van der Waals surface area contributed by atoms with Crippen molar-refractivity contribution in [1.82, 2.24) is 4.98 Å². The zero-order valence-electron chi connectivity index (χ0n) is 13.1. The van der Waals surface area contributed by atoms with Crippen molar-refractivity contribution in [3.05, 3.63) is 35.7 Å². The molecule has 2 saturated carbocycles. The number of amides is 1. The van der Waals surface area contributed by atoms with Crippen LogP contribution in [0.2, 0.25) is 0 Å². The van der Waals surface area contributed by atoms with Gasteiger partial charge in [0.1, 0.15) is 6.10 Å². The predicted octanol–water partition coefficient (Wildman–Crippen LogP) is 3.32. The van der Waals surface area contributed by atoms with Gasteiger partial charge in [0.2, 0.25) is 5.91 Å². The van der Waals surface area contributed by atoms with Crippen molar-refractivity contribution in [2.45, 2.75) is 17.4 Å². The van der Waals surface area contributed by atoms with Crippen LogP contribution < -0.4 is 5.32 Å². The number of esters is 1. The minimum Gasteiger partial charge on any atom is -0.461 e. The fourth-order valence-electron chi connectivity index (χ4n) is 4.59. The molecule has 25 heavy (non-hydrogen) atoms. The maximum absolute atomic E-state index is 12.9. The first kappa shape index (κ1) is 15.5. The molecule has 1 amide bonds. The van der Waals surface area contributed by atoms with Crippen LogP contribution in [0.4, 0.5) is 5.13 Å². The molecule has 128 valence electrons. The minimum atomic E-state index is -0.329. The van der Waals surface area contributed by atoms with Crippen LogP contribution in [0, 0.1) is 23.7 Å². The number of nitrogens with one attached hydrogen (secondary N) is 1. The Morgan fingerprint density at radius 3 is 2.88 bits per heavy atom. The number of carbonyl (C=O) groups is 2. The fraction of sp³-hybridized carbons (Fsp3) is 0.389. The second-order valence-corrected chi connectivity index (χ2v) is 8.77. The van der Waals surface area contributed by atoms with Gasteiger partial charge in [0.05, 0.1) is 22.4 Å². The maximum Gasteiger partial charge on any atom is 0.310 e. The van der Waals surface area contributed by atoms with Crippen LogP contribution in [0.1, 0.15) is 6.42 Å². The van der Waals surface area contributed by atoms with Crippen LogP contribution in [-0.2, 0) is 14.3 Å². The quantitative estimate of drug-likeness (QED) is 0.612. The zero-order valence-corrected chi connectivity index (χ0v) is 15.5. The Kier molecular flexibility index (Phi) is 3.50. The molecule has 2 bridgehead atoms. The van der Waals surface area contributed by atoms with Gasteiger partial charge in [-0.05, 0) is 12.3 Å². The number of hydrogen-bond acceptors (Lipinski definition) is 5. The standard InChI is InChI=1S/C18H15BrN2O3S/c19-14-9-6-10-13(17(23)24-15(10)14)12(9)16(22)21-18-20-11(7-25-18)8-4-2-1-3-5-8/h1-5,7,9-10,12-15H,6H2,(H,20,21,22)/t9-,10+,12-,13-,14+,15-/m0/s1. The Morgan fingerprint density at radius 2 is 2.08 bits per heavy atom. The lowest BCUT2D eigenvalue weighted by Gasteiger charge is -2.27. The molecular weight excluding hydrogens is 404 g/mol. The number of halogens is 1.